The third kappa shape index (κ3) is 1.59. The van der Waals surface area contributed by atoms with E-state index in [0.29, 0.717) is 5.92 Å². The van der Waals surface area contributed by atoms with E-state index in [0.717, 1.165) is 18.5 Å². The Bertz CT molecular complexity index is 574. The summed E-state index contributed by atoms with van der Waals surface area (Å²) in [5.41, 5.74) is 13.0. The van der Waals surface area contributed by atoms with E-state index in [4.69, 9.17) is 5.73 Å². The average molecular weight is 254 g/mol. The number of fused-ring (bicyclic) bond motifs is 3. The fourth-order valence-electron chi connectivity index (χ4n) is 3.86. The number of likely N-dealkylation sites (N-methyl/N-ethyl adjacent to an activating group) is 1. The van der Waals surface area contributed by atoms with Gasteiger partial charge < -0.3 is 10.6 Å². The first-order chi connectivity index (χ1) is 8.97. The minimum absolute atomic E-state index is 0.322. The molecule has 2 heteroatoms. The first-order valence-corrected chi connectivity index (χ1v) is 6.94. The van der Waals surface area contributed by atoms with Gasteiger partial charge in [0.1, 0.15) is 0 Å². The summed E-state index contributed by atoms with van der Waals surface area (Å²) in [4.78, 5) is 2.20. The maximum absolute atomic E-state index is 6.83. The summed E-state index contributed by atoms with van der Waals surface area (Å²) in [6, 6.07) is 0. The summed E-state index contributed by atoms with van der Waals surface area (Å²) < 4.78 is 0. The first kappa shape index (κ1) is 12.5. The molecule has 2 unspecified atom stereocenters. The molecule has 2 atom stereocenters. The van der Waals surface area contributed by atoms with Gasteiger partial charge in [0.15, 0.2) is 0 Å². The topological polar surface area (TPSA) is 29.3 Å². The zero-order valence-electron chi connectivity index (χ0n) is 12.0. The number of nitrogens with two attached hydrogens (primary N) is 1. The highest BCUT2D eigenvalue weighted by molar-refractivity contribution is 5.56. The van der Waals surface area contributed by atoms with Gasteiger partial charge in [-0.25, -0.2) is 0 Å². The molecule has 100 valence electrons. The molecule has 0 spiro atoms. The molecule has 0 saturated heterocycles. The van der Waals surface area contributed by atoms with Crippen LogP contribution in [0.3, 0.4) is 0 Å². The quantitative estimate of drug-likeness (QED) is 0.672. The molecule has 0 aromatic carbocycles. The van der Waals surface area contributed by atoms with E-state index in [1.54, 1.807) is 0 Å². The van der Waals surface area contributed by atoms with Gasteiger partial charge in [0.25, 0.3) is 0 Å². The normalized spacial score (nSPS) is 35.7. The summed E-state index contributed by atoms with van der Waals surface area (Å²) in [7, 11) is 2.09. The zero-order valence-corrected chi connectivity index (χ0v) is 12.0. The number of allylic oxidation sites excluding steroid dienone is 4. The van der Waals surface area contributed by atoms with Crippen molar-refractivity contribution >= 4 is 0 Å². The Morgan fingerprint density at radius 3 is 2.89 bits per heavy atom. The third-order valence-electron chi connectivity index (χ3n) is 4.75. The summed E-state index contributed by atoms with van der Waals surface area (Å²) in [6.45, 7) is 8.40. The van der Waals surface area contributed by atoms with Crippen LogP contribution in [0.5, 0.6) is 0 Å². The molecule has 1 aliphatic heterocycles. The Hall–Kier alpha value is -1.54. The van der Waals surface area contributed by atoms with E-state index in [1.165, 1.54) is 22.4 Å². The summed E-state index contributed by atoms with van der Waals surface area (Å²) in [5, 5.41) is 0. The van der Waals surface area contributed by atoms with E-state index in [1.807, 2.05) is 0 Å². The van der Waals surface area contributed by atoms with Gasteiger partial charge in [0.2, 0.25) is 0 Å². The molecule has 3 aliphatic rings. The molecule has 2 bridgehead atoms. The number of rotatable bonds is 0. The smallest absolute Gasteiger partial charge is 0.0685 e. The zero-order chi connectivity index (χ0) is 13.8. The van der Waals surface area contributed by atoms with Crippen LogP contribution in [0.1, 0.15) is 26.7 Å². The second-order valence-corrected chi connectivity index (χ2v) is 5.96. The lowest BCUT2D eigenvalue weighted by Crippen LogP contribution is -2.52. The van der Waals surface area contributed by atoms with Crippen molar-refractivity contribution in [1.82, 2.24) is 4.90 Å². The summed E-state index contributed by atoms with van der Waals surface area (Å²) in [5.74, 6) is 0.448. The van der Waals surface area contributed by atoms with Crippen LogP contribution in [0.4, 0.5) is 0 Å². The van der Waals surface area contributed by atoms with Crippen LogP contribution in [-0.2, 0) is 0 Å². The van der Waals surface area contributed by atoms with Crippen LogP contribution in [0.25, 0.3) is 0 Å². The molecule has 19 heavy (non-hydrogen) atoms. The van der Waals surface area contributed by atoms with E-state index >= 15 is 0 Å². The van der Waals surface area contributed by atoms with Crippen molar-refractivity contribution in [2.75, 3.05) is 7.05 Å². The fourth-order valence-corrected chi connectivity index (χ4v) is 3.86. The van der Waals surface area contributed by atoms with E-state index in [-0.39, 0.29) is 5.54 Å². The van der Waals surface area contributed by atoms with Crippen molar-refractivity contribution in [2.24, 2.45) is 11.7 Å². The van der Waals surface area contributed by atoms with Gasteiger partial charge in [0, 0.05) is 24.4 Å². The molecule has 3 rings (SSSR count). The monoisotopic (exact) mass is 254 g/mol. The van der Waals surface area contributed by atoms with E-state index in [2.05, 4.69) is 56.7 Å². The molecule has 0 aromatic rings. The maximum atomic E-state index is 6.83. The number of hydrogen-bond donors (Lipinski definition) is 1. The molecule has 0 amide bonds. The van der Waals surface area contributed by atoms with Crippen LogP contribution in [0.2, 0.25) is 0 Å². The fraction of sp³-hybridized carbons (Fsp3) is 0.412. The molecule has 0 radical (unpaired) electrons. The molecule has 2 nitrogen and oxygen atoms in total. The van der Waals surface area contributed by atoms with Gasteiger partial charge in [-0.3, -0.25) is 0 Å². The second-order valence-electron chi connectivity index (χ2n) is 5.96. The molecular weight excluding hydrogens is 232 g/mol. The van der Waals surface area contributed by atoms with Crippen molar-refractivity contribution < 1.29 is 0 Å². The van der Waals surface area contributed by atoms with Crippen molar-refractivity contribution in [2.45, 2.75) is 32.2 Å². The minimum atomic E-state index is -0.322. The largest absolute Gasteiger partial charge is 0.348 e. The van der Waals surface area contributed by atoms with Gasteiger partial charge in [-0.2, -0.15) is 0 Å². The van der Waals surface area contributed by atoms with Crippen molar-refractivity contribution in [1.29, 1.82) is 0 Å². The van der Waals surface area contributed by atoms with Gasteiger partial charge in [-0.05, 0) is 43.9 Å². The molecule has 1 heterocycles. The van der Waals surface area contributed by atoms with Crippen LogP contribution in [0.15, 0.2) is 59.0 Å². The standard InChI is InChI=1S/C17H22N2/c1-5-14-13-8-11(2)10-17(14,18)15-7-6-12(3)19(4)16(15)9-13/h5-8,13H,3,9-10,18H2,1-2,4H3/b14-5+. The highest BCUT2D eigenvalue weighted by Crippen LogP contribution is 2.49. The van der Waals surface area contributed by atoms with Crippen molar-refractivity contribution in [3.63, 3.8) is 0 Å². The Balaban J connectivity index is 2.20. The van der Waals surface area contributed by atoms with Crippen molar-refractivity contribution in [3.8, 4) is 0 Å². The summed E-state index contributed by atoms with van der Waals surface area (Å²) in [6.07, 6.45) is 10.8. The predicted octanol–water partition coefficient (Wildman–Crippen LogP) is 3.27. The average Bonchev–Trinajstić information content (AvgIpc) is 2.33. The van der Waals surface area contributed by atoms with Crippen LogP contribution < -0.4 is 5.73 Å². The van der Waals surface area contributed by atoms with Gasteiger partial charge in [0.05, 0.1) is 5.54 Å². The molecule has 0 aromatic heterocycles. The van der Waals surface area contributed by atoms with Gasteiger partial charge in [-0.15, -0.1) is 0 Å². The van der Waals surface area contributed by atoms with Crippen molar-refractivity contribution in [3.05, 3.63) is 59.0 Å². The van der Waals surface area contributed by atoms with Gasteiger partial charge in [-0.1, -0.05) is 30.4 Å². The van der Waals surface area contributed by atoms with Crippen LogP contribution in [-0.4, -0.2) is 17.5 Å². The van der Waals surface area contributed by atoms with Crippen LogP contribution in [0, 0.1) is 5.92 Å². The molecule has 2 aliphatic carbocycles. The summed E-state index contributed by atoms with van der Waals surface area (Å²) >= 11 is 0. The van der Waals surface area contributed by atoms with Gasteiger partial charge >= 0.3 is 0 Å². The molecule has 0 saturated carbocycles. The Morgan fingerprint density at radius 1 is 1.47 bits per heavy atom. The second kappa shape index (κ2) is 3.97. The molecule has 2 N–H and O–H groups in total. The number of hydrogen-bond acceptors (Lipinski definition) is 2. The lowest BCUT2D eigenvalue weighted by molar-refractivity contribution is 0.389. The molecular formula is C17H22N2. The first-order valence-electron chi connectivity index (χ1n) is 6.94. The highest BCUT2D eigenvalue weighted by atomic mass is 15.1. The SMILES string of the molecule is C=C1C=CC2=C(CC3C=C(C)CC2(N)/C3=C/C)N1C. The van der Waals surface area contributed by atoms with E-state index < -0.39 is 0 Å². The lowest BCUT2D eigenvalue weighted by atomic mass is 9.63. The predicted molar refractivity (Wildman–Crippen MR) is 80.2 cm³/mol. The number of nitrogens with zero attached hydrogens (tertiary/aromatic N) is 1. The third-order valence-corrected chi connectivity index (χ3v) is 4.75. The Labute approximate surface area is 115 Å². The minimum Gasteiger partial charge on any atom is -0.348 e. The Kier molecular flexibility index (Phi) is 2.61. The van der Waals surface area contributed by atoms with E-state index in [9.17, 15) is 0 Å². The maximum Gasteiger partial charge on any atom is 0.0685 e. The Morgan fingerprint density at radius 2 is 2.21 bits per heavy atom. The lowest BCUT2D eigenvalue weighted by Gasteiger charge is -2.49. The molecule has 0 fully saturated rings. The highest BCUT2D eigenvalue weighted by Gasteiger charge is 2.45. The van der Waals surface area contributed by atoms with Crippen LogP contribution >= 0.6 is 0 Å².